The van der Waals surface area contributed by atoms with E-state index >= 15 is 0 Å². The van der Waals surface area contributed by atoms with E-state index in [2.05, 4.69) is 83.3 Å². The van der Waals surface area contributed by atoms with Crippen molar-refractivity contribution in [3.05, 3.63) is 113 Å². The third-order valence-corrected chi connectivity index (χ3v) is 8.10. The van der Waals surface area contributed by atoms with Crippen LogP contribution in [0.3, 0.4) is 0 Å². The molecule has 158 valence electrons. The number of aromatic nitrogens is 1. The lowest BCUT2D eigenvalue weighted by Crippen LogP contribution is -2.03. The summed E-state index contributed by atoms with van der Waals surface area (Å²) in [6.45, 7) is 0. The Labute approximate surface area is 198 Å². The number of benzene rings is 5. The van der Waals surface area contributed by atoms with Gasteiger partial charge in [0.15, 0.2) is 5.43 Å². The fourth-order valence-electron chi connectivity index (χ4n) is 5.62. The molecule has 0 fully saturated rings. The quantitative estimate of drug-likeness (QED) is 0.230. The maximum Gasteiger partial charge on any atom is 0.198 e. The van der Waals surface area contributed by atoms with E-state index in [9.17, 15) is 4.79 Å². The van der Waals surface area contributed by atoms with Gasteiger partial charge in [-0.3, -0.25) is 9.20 Å². The average Bonchev–Trinajstić information content (AvgIpc) is 3.50. The molecule has 3 aromatic heterocycles. The zero-order valence-electron chi connectivity index (χ0n) is 18.1. The summed E-state index contributed by atoms with van der Waals surface area (Å²) in [5, 5.41) is 11.0. The van der Waals surface area contributed by atoms with Crippen molar-refractivity contribution in [3.8, 4) is 11.1 Å². The number of hydrogen-bond acceptors (Lipinski definition) is 2. The second-order valence-corrected chi connectivity index (χ2v) is 9.85. The molecule has 2 nitrogen and oxygen atoms in total. The van der Waals surface area contributed by atoms with E-state index in [0.717, 1.165) is 32.0 Å². The molecule has 0 unspecified atom stereocenters. The number of hydrogen-bond donors (Lipinski definition) is 0. The molecule has 3 heterocycles. The van der Waals surface area contributed by atoms with Gasteiger partial charge in [-0.05, 0) is 68.4 Å². The van der Waals surface area contributed by atoms with Crippen LogP contribution in [0, 0.1) is 0 Å². The fourth-order valence-corrected chi connectivity index (χ4v) is 6.53. The van der Waals surface area contributed by atoms with Crippen LogP contribution in [-0.4, -0.2) is 4.40 Å². The minimum atomic E-state index is 0.124. The van der Waals surface area contributed by atoms with Crippen LogP contribution in [0.5, 0.6) is 0 Å². The van der Waals surface area contributed by atoms with Crippen molar-refractivity contribution in [1.82, 2.24) is 4.40 Å². The van der Waals surface area contributed by atoms with Crippen LogP contribution >= 0.6 is 11.3 Å². The molecule has 0 amide bonds. The molecule has 0 saturated heterocycles. The molecule has 0 saturated carbocycles. The van der Waals surface area contributed by atoms with Gasteiger partial charge in [0.05, 0.1) is 16.4 Å². The first kappa shape index (κ1) is 18.2. The van der Waals surface area contributed by atoms with Gasteiger partial charge < -0.3 is 0 Å². The number of nitrogens with zero attached hydrogens (tertiary/aromatic N) is 1. The van der Waals surface area contributed by atoms with Crippen molar-refractivity contribution in [1.29, 1.82) is 0 Å². The Morgan fingerprint density at radius 2 is 1.26 bits per heavy atom. The highest BCUT2D eigenvalue weighted by Gasteiger charge is 2.18. The molecule has 0 bridgehead atoms. The summed E-state index contributed by atoms with van der Waals surface area (Å²) in [6, 6.07) is 34.4. The molecule has 0 aliphatic carbocycles. The van der Waals surface area contributed by atoms with Gasteiger partial charge in [0.2, 0.25) is 0 Å². The lowest BCUT2D eigenvalue weighted by molar-refractivity contribution is 1.37. The van der Waals surface area contributed by atoms with E-state index in [1.54, 1.807) is 11.3 Å². The number of thiophene rings is 1. The van der Waals surface area contributed by atoms with E-state index in [4.69, 9.17) is 0 Å². The smallest absolute Gasteiger partial charge is 0.198 e. The summed E-state index contributed by atoms with van der Waals surface area (Å²) in [4.78, 5) is 14.2. The van der Waals surface area contributed by atoms with Crippen LogP contribution in [0.1, 0.15) is 0 Å². The van der Waals surface area contributed by atoms with Crippen molar-refractivity contribution in [2.45, 2.75) is 0 Å². The summed E-state index contributed by atoms with van der Waals surface area (Å²) >= 11 is 1.63. The number of para-hydroxylation sites is 1. The van der Waals surface area contributed by atoms with Crippen LogP contribution < -0.4 is 5.43 Å². The highest BCUT2D eigenvalue weighted by molar-refractivity contribution is 7.16. The predicted octanol–water partition coefficient (Wildman–Crippen LogP) is 8.23. The normalized spacial score (nSPS) is 12.2. The molecule has 5 aromatic carbocycles. The summed E-state index contributed by atoms with van der Waals surface area (Å²) < 4.78 is 2.28. The summed E-state index contributed by atoms with van der Waals surface area (Å²) in [7, 11) is 0. The largest absolute Gasteiger partial charge is 0.299 e. The first-order valence-electron chi connectivity index (χ1n) is 11.4. The van der Waals surface area contributed by atoms with Gasteiger partial charge in [0.1, 0.15) is 4.83 Å². The van der Waals surface area contributed by atoms with Gasteiger partial charge in [0, 0.05) is 16.2 Å². The average molecular weight is 452 g/mol. The second-order valence-electron chi connectivity index (χ2n) is 8.96. The van der Waals surface area contributed by atoms with Crippen molar-refractivity contribution in [3.63, 3.8) is 0 Å². The highest BCUT2D eigenvalue weighted by atomic mass is 32.1. The Hall–Kier alpha value is -4.21. The summed E-state index contributed by atoms with van der Waals surface area (Å²) in [6.07, 6.45) is 0. The van der Waals surface area contributed by atoms with Gasteiger partial charge in [0.25, 0.3) is 0 Å². The van der Waals surface area contributed by atoms with Crippen LogP contribution in [0.25, 0.3) is 70.1 Å². The molecular formula is C31H17NOS. The Bertz CT molecular complexity index is 2150. The van der Waals surface area contributed by atoms with Gasteiger partial charge in [-0.1, -0.05) is 66.7 Å². The molecule has 34 heavy (non-hydrogen) atoms. The van der Waals surface area contributed by atoms with Crippen molar-refractivity contribution in [2.24, 2.45) is 0 Å². The lowest BCUT2D eigenvalue weighted by atomic mass is 9.96. The number of fused-ring (bicyclic) bond motifs is 8. The summed E-state index contributed by atoms with van der Waals surface area (Å²) in [5.41, 5.74) is 4.68. The monoisotopic (exact) mass is 451 g/mol. The number of pyridine rings is 1. The van der Waals surface area contributed by atoms with Gasteiger partial charge >= 0.3 is 0 Å². The van der Waals surface area contributed by atoms with Crippen LogP contribution in [0.4, 0.5) is 0 Å². The van der Waals surface area contributed by atoms with E-state index in [1.807, 2.05) is 23.6 Å². The standard InChI is InChI=1S/C31H17NOS/c33-30-24-7-3-6-23-27-17-21(12-13-28(27)32(29(23)24)31-25(30)14-15-34-31)20-11-10-19-9-8-18-4-1-2-5-22(18)26(19)16-20/h1-17H. The topological polar surface area (TPSA) is 21.5 Å². The maximum atomic E-state index is 13.1. The Morgan fingerprint density at radius 3 is 2.18 bits per heavy atom. The Balaban J connectivity index is 1.46. The fraction of sp³-hybridized carbons (Fsp3) is 0. The maximum absolute atomic E-state index is 13.1. The third kappa shape index (κ3) is 2.27. The second kappa shape index (κ2) is 6.43. The van der Waals surface area contributed by atoms with E-state index in [0.29, 0.717) is 0 Å². The van der Waals surface area contributed by atoms with Crippen LogP contribution in [-0.2, 0) is 0 Å². The van der Waals surface area contributed by atoms with Crippen molar-refractivity contribution in [2.75, 3.05) is 0 Å². The summed E-state index contributed by atoms with van der Waals surface area (Å²) in [5.74, 6) is 0. The Kier molecular flexibility index (Phi) is 3.45. The molecule has 0 spiro atoms. The zero-order chi connectivity index (χ0) is 22.4. The molecule has 0 aliphatic heterocycles. The van der Waals surface area contributed by atoms with Gasteiger partial charge in [-0.2, -0.15) is 0 Å². The van der Waals surface area contributed by atoms with Crippen LogP contribution in [0.2, 0.25) is 0 Å². The molecule has 8 aromatic rings. The molecule has 0 N–H and O–H groups in total. The molecular weight excluding hydrogens is 434 g/mol. The highest BCUT2D eigenvalue weighted by Crippen LogP contribution is 2.38. The van der Waals surface area contributed by atoms with E-state index < -0.39 is 0 Å². The first-order chi connectivity index (χ1) is 16.8. The van der Waals surface area contributed by atoms with E-state index in [-0.39, 0.29) is 5.43 Å². The van der Waals surface area contributed by atoms with Crippen molar-refractivity contribution < 1.29 is 0 Å². The minimum absolute atomic E-state index is 0.124. The molecule has 8 rings (SSSR count). The zero-order valence-corrected chi connectivity index (χ0v) is 18.9. The van der Waals surface area contributed by atoms with Crippen LogP contribution in [0.15, 0.2) is 107 Å². The molecule has 0 radical (unpaired) electrons. The molecule has 3 heteroatoms. The third-order valence-electron chi connectivity index (χ3n) is 7.20. The number of rotatable bonds is 1. The van der Waals surface area contributed by atoms with Gasteiger partial charge in [-0.15, -0.1) is 11.3 Å². The molecule has 0 atom stereocenters. The van der Waals surface area contributed by atoms with Crippen molar-refractivity contribution >= 4 is 70.3 Å². The lowest BCUT2D eigenvalue weighted by Gasteiger charge is -2.08. The predicted molar refractivity (Wildman–Crippen MR) is 146 cm³/mol. The first-order valence-corrected chi connectivity index (χ1v) is 12.3. The molecule has 0 aliphatic rings. The Morgan fingerprint density at radius 1 is 0.559 bits per heavy atom. The van der Waals surface area contributed by atoms with E-state index in [1.165, 1.54) is 38.1 Å². The minimum Gasteiger partial charge on any atom is -0.299 e. The van der Waals surface area contributed by atoms with Gasteiger partial charge in [-0.25, -0.2) is 0 Å². The SMILES string of the molecule is O=c1c2ccsc2n2c3ccc(-c4ccc5ccc6ccccc6c5c4)cc3c3cccc1c32.